The number of nitrogens with zero attached hydrogens (tertiary/aromatic N) is 5. The SMILES string of the molecule is C=N/C(C)=C(/C)NC=NC1CCC(Cc2cc(N(CC)CCCC)cc3nccnc23)CC1. The summed E-state index contributed by atoms with van der Waals surface area (Å²) < 4.78 is 0. The number of aliphatic imine (C=N–C) groups is 2. The van der Waals surface area contributed by atoms with E-state index in [4.69, 9.17) is 9.98 Å². The molecule has 178 valence electrons. The highest BCUT2D eigenvalue weighted by molar-refractivity contribution is 5.82. The number of unbranched alkanes of at least 4 members (excludes halogenated alkanes) is 1. The van der Waals surface area contributed by atoms with Crippen LogP contribution in [0.4, 0.5) is 5.69 Å². The molecule has 2 aromatic rings. The average Bonchev–Trinajstić information content (AvgIpc) is 2.85. The zero-order valence-corrected chi connectivity index (χ0v) is 20.8. The number of hydrogen-bond donors (Lipinski definition) is 1. The van der Waals surface area contributed by atoms with Gasteiger partial charge in [0, 0.05) is 36.9 Å². The normalized spacial score (nSPS) is 19.5. The molecule has 3 rings (SSSR count). The highest BCUT2D eigenvalue weighted by atomic mass is 15.1. The van der Waals surface area contributed by atoms with Crippen molar-refractivity contribution in [2.45, 2.75) is 78.7 Å². The Morgan fingerprint density at radius 2 is 1.91 bits per heavy atom. The number of fused-ring (bicyclic) bond motifs is 1. The lowest BCUT2D eigenvalue weighted by Gasteiger charge is -2.28. The van der Waals surface area contributed by atoms with Crippen LogP contribution in [0.15, 0.2) is 45.9 Å². The van der Waals surface area contributed by atoms with Gasteiger partial charge in [0.1, 0.15) is 0 Å². The number of nitrogens with one attached hydrogen (secondary N) is 1. The molecule has 1 aliphatic carbocycles. The number of aromatic nitrogens is 2. The van der Waals surface area contributed by atoms with Gasteiger partial charge in [0.2, 0.25) is 0 Å². The average molecular weight is 449 g/mol. The lowest BCUT2D eigenvalue weighted by molar-refractivity contribution is 0.326. The van der Waals surface area contributed by atoms with Crippen LogP contribution in [0, 0.1) is 5.92 Å². The summed E-state index contributed by atoms with van der Waals surface area (Å²) in [5.74, 6) is 0.671. The molecule has 0 aliphatic heterocycles. The second kappa shape index (κ2) is 12.5. The zero-order valence-electron chi connectivity index (χ0n) is 20.8. The van der Waals surface area contributed by atoms with Gasteiger partial charge >= 0.3 is 0 Å². The Morgan fingerprint density at radius 3 is 2.61 bits per heavy atom. The Morgan fingerprint density at radius 1 is 1.15 bits per heavy atom. The fourth-order valence-electron chi connectivity index (χ4n) is 4.56. The Kier molecular flexibility index (Phi) is 9.40. The summed E-state index contributed by atoms with van der Waals surface area (Å²) in [7, 11) is 0. The first-order valence-corrected chi connectivity index (χ1v) is 12.5. The fourth-order valence-corrected chi connectivity index (χ4v) is 4.56. The van der Waals surface area contributed by atoms with Gasteiger partial charge in [0.15, 0.2) is 0 Å². The largest absolute Gasteiger partial charge is 0.372 e. The smallest absolute Gasteiger partial charge is 0.0920 e. The zero-order chi connectivity index (χ0) is 23.6. The van der Waals surface area contributed by atoms with Crippen LogP contribution in [0.5, 0.6) is 0 Å². The molecule has 1 aliphatic rings. The summed E-state index contributed by atoms with van der Waals surface area (Å²) >= 11 is 0. The number of allylic oxidation sites excluding steroid dienone is 2. The Hall–Kier alpha value is -2.76. The maximum atomic E-state index is 4.75. The monoisotopic (exact) mass is 448 g/mol. The first-order valence-electron chi connectivity index (χ1n) is 12.5. The van der Waals surface area contributed by atoms with E-state index in [0.717, 1.165) is 54.8 Å². The van der Waals surface area contributed by atoms with Gasteiger partial charge in [0.05, 0.1) is 29.1 Å². The molecule has 1 aromatic carbocycles. The molecule has 1 heterocycles. The van der Waals surface area contributed by atoms with Crippen molar-refractivity contribution in [2.24, 2.45) is 15.9 Å². The molecule has 0 saturated heterocycles. The summed E-state index contributed by atoms with van der Waals surface area (Å²) in [5.41, 5.74) is 6.59. The van der Waals surface area contributed by atoms with E-state index in [-0.39, 0.29) is 0 Å². The van der Waals surface area contributed by atoms with E-state index >= 15 is 0 Å². The third-order valence-electron chi connectivity index (χ3n) is 6.84. The van der Waals surface area contributed by atoms with Gasteiger partial charge in [0.25, 0.3) is 0 Å². The quantitative estimate of drug-likeness (QED) is 0.342. The van der Waals surface area contributed by atoms with Gasteiger partial charge in [-0.25, -0.2) is 0 Å². The van der Waals surface area contributed by atoms with Crippen molar-refractivity contribution in [3.8, 4) is 0 Å². The Labute approximate surface area is 199 Å². The predicted octanol–water partition coefficient (Wildman–Crippen LogP) is 5.93. The molecule has 33 heavy (non-hydrogen) atoms. The molecule has 0 bridgehead atoms. The molecule has 0 spiro atoms. The molecule has 1 N–H and O–H groups in total. The highest BCUT2D eigenvalue weighted by Crippen LogP contribution is 2.32. The summed E-state index contributed by atoms with van der Waals surface area (Å²) in [6.45, 7) is 14.1. The van der Waals surface area contributed by atoms with Crippen molar-refractivity contribution >= 4 is 29.8 Å². The van der Waals surface area contributed by atoms with Crippen LogP contribution in [0.1, 0.15) is 71.8 Å². The molecule has 1 aromatic heterocycles. The van der Waals surface area contributed by atoms with Crippen molar-refractivity contribution < 1.29 is 0 Å². The van der Waals surface area contributed by atoms with Crippen LogP contribution < -0.4 is 10.2 Å². The number of benzene rings is 1. The van der Waals surface area contributed by atoms with Gasteiger partial charge in [-0.3, -0.25) is 20.0 Å². The van der Waals surface area contributed by atoms with E-state index < -0.39 is 0 Å². The van der Waals surface area contributed by atoms with Gasteiger partial charge < -0.3 is 10.2 Å². The number of rotatable bonds is 11. The molecule has 0 atom stereocenters. The van der Waals surface area contributed by atoms with Gasteiger partial charge in [-0.1, -0.05) is 13.3 Å². The van der Waals surface area contributed by atoms with E-state index in [0.29, 0.717) is 12.0 Å². The molecular weight excluding hydrogens is 408 g/mol. The lowest BCUT2D eigenvalue weighted by Crippen LogP contribution is -2.24. The molecular formula is C27H40N6. The molecule has 1 fully saturated rings. The topological polar surface area (TPSA) is 65.8 Å². The van der Waals surface area contributed by atoms with E-state index in [1.54, 1.807) is 6.20 Å². The summed E-state index contributed by atoms with van der Waals surface area (Å²) in [5, 5.41) is 3.22. The Bertz CT molecular complexity index is 972. The van der Waals surface area contributed by atoms with Crippen LogP contribution in [-0.4, -0.2) is 42.2 Å². The standard InChI is InChI=1S/C27H40N6/c1-6-8-15-33(7-2)25-17-23(27-26(18-25)29-13-14-30-27)16-22-9-11-24(12-10-22)32-19-31-21(4)20(3)28-5/h13-14,17-19,22,24H,5-12,15-16H2,1-4H3,(H,31,32)/b21-20-. The van der Waals surface area contributed by atoms with E-state index in [1.807, 2.05) is 26.4 Å². The van der Waals surface area contributed by atoms with E-state index in [2.05, 4.69) is 52.9 Å². The summed E-state index contributed by atoms with van der Waals surface area (Å²) in [4.78, 5) is 20.5. The molecule has 0 radical (unpaired) electrons. The van der Waals surface area contributed by atoms with Crippen LogP contribution in [-0.2, 0) is 6.42 Å². The van der Waals surface area contributed by atoms with Crippen LogP contribution >= 0.6 is 0 Å². The number of hydrogen-bond acceptors (Lipinski definition) is 5. The third kappa shape index (κ3) is 6.86. The minimum Gasteiger partial charge on any atom is -0.372 e. The molecule has 0 amide bonds. The molecule has 6 nitrogen and oxygen atoms in total. The maximum absolute atomic E-state index is 4.75. The van der Waals surface area contributed by atoms with Gasteiger partial charge in [-0.2, -0.15) is 0 Å². The van der Waals surface area contributed by atoms with Crippen LogP contribution in [0.25, 0.3) is 11.0 Å². The second-order valence-corrected chi connectivity index (χ2v) is 9.13. The van der Waals surface area contributed by atoms with E-state index in [1.165, 1.54) is 36.9 Å². The van der Waals surface area contributed by atoms with E-state index in [9.17, 15) is 0 Å². The van der Waals surface area contributed by atoms with Crippen molar-refractivity contribution in [1.29, 1.82) is 0 Å². The summed E-state index contributed by atoms with van der Waals surface area (Å²) in [6, 6.07) is 4.98. The predicted molar refractivity (Wildman–Crippen MR) is 141 cm³/mol. The lowest BCUT2D eigenvalue weighted by atomic mass is 9.82. The fraction of sp³-hybridized carbons (Fsp3) is 0.556. The van der Waals surface area contributed by atoms with Crippen molar-refractivity contribution in [1.82, 2.24) is 15.3 Å². The minimum absolute atomic E-state index is 0.394. The second-order valence-electron chi connectivity index (χ2n) is 9.13. The first-order chi connectivity index (χ1) is 16.0. The van der Waals surface area contributed by atoms with Crippen molar-refractivity contribution in [3.05, 3.63) is 41.5 Å². The molecule has 0 unspecified atom stereocenters. The first kappa shape index (κ1) is 24.9. The van der Waals surface area contributed by atoms with Crippen molar-refractivity contribution in [3.63, 3.8) is 0 Å². The van der Waals surface area contributed by atoms with Crippen molar-refractivity contribution in [2.75, 3.05) is 18.0 Å². The molecule has 1 saturated carbocycles. The van der Waals surface area contributed by atoms with Crippen LogP contribution in [0.3, 0.4) is 0 Å². The minimum atomic E-state index is 0.394. The third-order valence-corrected chi connectivity index (χ3v) is 6.84. The highest BCUT2D eigenvalue weighted by Gasteiger charge is 2.22. The Balaban J connectivity index is 1.67. The van der Waals surface area contributed by atoms with Crippen LogP contribution in [0.2, 0.25) is 0 Å². The maximum Gasteiger partial charge on any atom is 0.0920 e. The molecule has 6 heteroatoms. The van der Waals surface area contributed by atoms with Gasteiger partial charge in [-0.05, 0) is 89.6 Å². The van der Waals surface area contributed by atoms with Gasteiger partial charge in [-0.15, -0.1) is 0 Å². The summed E-state index contributed by atoms with van der Waals surface area (Å²) in [6.07, 6.45) is 13.6. The number of anilines is 1.